The number of esters is 1. The Bertz CT molecular complexity index is 1770. The molecule has 3 aromatic rings. The Morgan fingerprint density at radius 2 is 1.00 bits per heavy atom. The van der Waals surface area contributed by atoms with Crippen molar-refractivity contribution in [2.24, 2.45) is 0 Å². The van der Waals surface area contributed by atoms with E-state index in [1.54, 1.807) is 24.3 Å². The molecule has 0 bridgehead atoms. The lowest BCUT2D eigenvalue weighted by atomic mass is 10.1. The Kier molecular flexibility index (Phi) is 33.2. The zero-order valence-electron chi connectivity index (χ0n) is 39.8. The van der Waals surface area contributed by atoms with E-state index in [1.165, 1.54) is 6.08 Å². The lowest BCUT2D eigenvalue weighted by Crippen LogP contribution is -2.24. The van der Waals surface area contributed by atoms with Gasteiger partial charge in [-0.3, -0.25) is 9.59 Å². The number of ether oxygens (including phenoxy) is 9. The SMILES string of the molecule is C=CC(=O)CCCCOc1ccc(OC2CCCCO2)cc1.C=CC(=O)OCCCCl.CCC(=O)CCCCOc1ccc(OC2CCCCO2)cc1.Cl.Oc1ccc(OC2CCCCO2)cc1. The van der Waals surface area contributed by atoms with Crippen molar-refractivity contribution < 1.29 is 62.1 Å². The first kappa shape index (κ1) is 59.3. The minimum Gasteiger partial charge on any atom is -0.508 e. The number of alkyl halides is 1. The van der Waals surface area contributed by atoms with Gasteiger partial charge in [0.1, 0.15) is 40.3 Å². The van der Waals surface area contributed by atoms with E-state index < -0.39 is 0 Å². The largest absolute Gasteiger partial charge is 0.508 e. The smallest absolute Gasteiger partial charge is 0.330 e. The van der Waals surface area contributed by atoms with Crippen LogP contribution in [0.1, 0.15) is 116 Å². The number of aromatic hydroxyl groups is 1. The maximum Gasteiger partial charge on any atom is 0.330 e. The number of benzene rings is 3. The van der Waals surface area contributed by atoms with Crippen molar-refractivity contribution in [2.45, 2.75) is 135 Å². The van der Waals surface area contributed by atoms with Crippen molar-refractivity contribution in [2.75, 3.05) is 45.5 Å². The second kappa shape index (κ2) is 38.1. The Labute approximate surface area is 415 Å². The number of phenols is 1. The summed E-state index contributed by atoms with van der Waals surface area (Å²) in [5.74, 6) is 4.80. The van der Waals surface area contributed by atoms with Crippen molar-refractivity contribution in [1.82, 2.24) is 0 Å². The van der Waals surface area contributed by atoms with E-state index in [1.807, 2.05) is 55.5 Å². The lowest BCUT2D eigenvalue weighted by Gasteiger charge is -2.23. The molecule has 378 valence electrons. The summed E-state index contributed by atoms with van der Waals surface area (Å²) in [5, 5.41) is 9.08. The molecule has 0 spiro atoms. The van der Waals surface area contributed by atoms with Gasteiger partial charge in [-0.05, 0) is 150 Å². The Morgan fingerprint density at radius 3 is 1.37 bits per heavy atom. The standard InChI is InChI=1S/C18H26O4.C18H24O4.C11H14O3.C6H9ClO2.ClH/c2*1-2-15(19)7-3-5-13-20-16-9-11-17(12-10-16)22-18-8-4-6-14-21-18;12-9-4-6-10(7-5-9)14-11-3-1-2-8-13-11;1-2-6(8)9-5-3-4-7;/h9-12,18H,2-8,13-14H2,1H3;2,9-12,18H,1,3-8,13-14H2;4-7,11-12H,1-3,8H2;2H,1,3-5H2;1H. The van der Waals surface area contributed by atoms with Crippen LogP contribution in [0.3, 0.4) is 0 Å². The number of Topliss-reactive ketones (excluding diaryl/α,β-unsaturated/α-hetero) is 1. The number of allylic oxidation sites excluding steroid dienone is 1. The highest BCUT2D eigenvalue weighted by Crippen LogP contribution is 2.25. The average Bonchev–Trinajstić information content (AvgIpc) is 3.37. The molecular formula is C53H74Cl2O13. The van der Waals surface area contributed by atoms with Crippen LogP contribution in [0.25, 0.3) is 0 Å². The molecule has 3 aliphatic rings. The fourth-order valence-corrected chi connectivity index (χ4v) is 6.50. The quantitative estimate of drug-likeness (QED) is 0.0392. The van der Waals surface area contributed by atoms with Crippen molar-refractivity contribution in [3.05, 3.63) is 98.1 Å². The molecule has 3 fully saturated rings. The van der Waals surface area contributed by atoms with Gasteiger partial charge < -0.3 is 47.7 Å². The molecule has 1 N–H and O–H groups in total. The first-order chi connectivity index (χ1) is 32.7. The summed E-state index contributed by atoms with van der Waals surface area (Å²) in [5.41, 5.74) is 0. The third kappa shape index (κ3) is 28.5. The number of carbonyl (C=O) groups is 3. The lowest BCUT2D eigenvalue weighted by molar-refractivity contribution is -0.137. The molecule has 3 aromatic carbocycles. The van der Waals surface area contributed by atoms with Crippen LogP contribution in [-0.4, -0.2) is 87.0 Å². The second-order valence-corrected chi connectivity index (χ2v) is 16.1. The monoisotopic (exact) mass is 988 g/mol. The van der Waals surface area contributed by atoms with E-state index >= 15 is 0 Å². The number of hydrogen-bond donors (Lipinski definition) is 1. The predicted molar refractivity (Wildman–Crippen MR) is 267 cm³/mol. The number of phenolic OH excluding ortho intramolecular Hbond substituents is 1. The van der Waals surface area contributed by atoms with Crippen molar-refractivity contribution in [3.63, 3.8) is 0 Å². The molecular weight excluding hydrogens is 915 g/mol. The maximum atomic E-state index is 11.2. The van der Waals surface area contributed by atoms with Crippen molar-refractivity contribution >= 4 is 41.5 Å². The average molecular weight is 990 g/mol. The van der Waals surface area contributed by atoms with E-state index in [0.717, 1.165) is 138 Å². The van der Waals surface area contributed by atoms with Crippen LogP contribution in [0.2, 0.25) is 0 Å². The number of ketones is 2. The molecule has 3 aliphatic heterocycles. The first-order valence-electron chi connectivity index (χ1n) is 23.8. The zero-order valence-corrected chi connectivity index (χ0v) is 41.4. The molecule has 3 saturated heterocycles. The van der Waals surface area contributed by atoms with Crippen LogP contribution in [-0.2, 0) is 33.3 Å². The Morgan fingerprint density at radius 1 is 0.588 bits per heavy atom. The molecule has 0 amide bonds. The van der Waals surface area contributed by atoms with Gasteiger partial charge in [0.05, 0.1) is 39.6 Å². The number of halogens is 2. The van der Waals surface area contributed by atoms with Gasteiger partial charge in [-0.15, -0.1) is 24.0 Å². The minimum atomic E-state index is -0.389. The number of carbonyl (C=O) groups excluding carboxylic acids is 3. The Hall–Kier alpha value is -4.79. The van der Waals surface area contributed by atoms with Crippen LogP contribution in [0.5, 0.6) is 34.5 Å². The molecule has 0 radical (unpaired) electrons. The van der Waals surface area contributed by atoms with E-state index in [0.29, 0.717) is 57.2 Å². The number of unbranched alkanes of at least 4 members (excludes halogenated alkanes) is 2. The summed E-state index contributed by atoms with van der Waals surface area (Å²) in [7, 11) is 0. The molecule has 13 nitrogen and oxygen atoms in total. The fraction of sp³-hybridized carbons (Fsp3) is 0.528. The van der Waals surface area contributed by atoms with Crippen LogP contribution in [0.15, 0.2) is 98.1 Å². The number of hydrogen-bond acceptors (Lipinski definition) is 13. The van der Waals surface area contributed by atoms with Gasteiger partial charge in [0.25, 0.3) is 0 Å². The molecule has 3 unspecified atom stereocenters. The zero-order chi connectivity index (χ0) is 48.2. The molecule has 68 heavy (non-hydrogen) atoms. The number of rotatable bonds is 24. The highest BCUT2D eigenvalue weighted by Gasteiger charge is 2.17. The summed E-state index contributed by atoms with van der Waals surface area (Å²) < 4.78 is 49.5. The van der Waals surface area contributed by atoms with E-state index in [4.69, 9.17) is 54.6 Å². The summed E-state index contributed by atoms with van der Waals surface area (Å²) in [6, 6.07) is 21.9. The first-order valence-corrected chi connectivity index (χ1v) is 24.4. The van der Waals surface area contributed by atoms with Gasteiger partial charge in [-0.25, -0.2) is 4.79 Å². The highest BCUT2D eigenvalue weighted by molar-refractivity contribution is 6.17. The molecule has 0 aliphatic carbocycles. The molecule has 0 saturated carbocycles. The van der Waals surface area contributed by atoms with E-state index in [-0.39, 0.29) is 48.8 Å². The molecule has 3 atom stereocenters. The van der Waals surface area contributed by atoms with Crippen molar-refractivity contribution in [3.8, 4) is 34.5 Å². The summed E-state index contributed by atoms with van der Waals surface area (Å²) in [6.45, 7) is 12.6. The van der Waals surface area contributed by atoms with Crippen molar-refractivity contribution in [1.29, 1.82) is 0 Å². The topological polar surface area (TPSA) is 155 Å². The van der Waals surface area contributed by atoms with Gasteiger partial charge in [0.2, 0.25) is 0 Å². The third-order valence-corrected chi connectivity index (χ3v) is 10.5. The van der Waals surface area contributed by atoms with Crippen LogP contribution >= 0.6 is 24.0 Å². The Balaban J connectivity index is 0.000000325. The van der Waals surface area contributed by atoms with E-state index in [9.17, 15) is 14.4 Å². The van der Waals surface area contributed by atoms with Gasteiger partial charge in [-0.2, -0.15) is 0 Å². The maximum absolute atomic E-state index is 11.2. The van der Waals surface area contributed by atoms with Gasteiger partial charge in [0.15, 0.2) is 24.7 Å². The van der Waals surface area contributed by atoms with Gasteiger partial charge in [-0.1, -0.05) is 20.1 Å². The second-order valence-electron chi connectivity index (χ2n) is 15.8. The summed E-state index contributed by atoms with van der Waals surface area (Å²) in [4.78, 5) is 32.5. The van der Waals surface area contributed by atoms with Gasteiger partial charge in [0, 0.05) is 50.5 Å². The van der Waals surface area contributed by atoms with Gasteiger partial charge >= 0.3 is 5.97 Å². The minimum absolute atomic E-state index is 0. The van der Waals surface area contributed by atoms with Crippen LogP contribution in [0, 0.1) is 0 Å². The molecule has 0 aromatic heterocycles. The predicted octanol–water partition coefficient (Wildman–Crippen LogP) is 12.1. The summed E-state index contributed by atoms with van der Waals surface area (Å²) >= 11 is 5.31. The third-order valence-electron chi connectivity index (χ3n) is 10.2. The molecule has 6 rings (SSSR count). The molecule has 15 heteroatoms. The van der Waals surface area contributed by atoms with Crippen LogP contribution in [0.4, 0.5) is 0 Å². The fourth-order valence-electron chi connectivity index (χ4n) is 6.39. The normalized spacial score (nSPS) is 17.2. The summed E-state index contributed by atoms with van der Waals surface area (Å²) in [6.07, 6.45) is 17.8. The van der Waals surface area contributed by atoms with E-state index in [2.05, 4.69) is 17.9 Å². The van der Waals surface area contributed by atoms with Crippen LogP contribution < -0.4 is 23.7 Å². The highest BCUT2D eigenvalue weighted by atomic mass is 35.5. The molecule has 3 heterocycles.